The lowest BCUT2D eigenvalue weighted by molar-refractivity contribution is 0.218. The van der Waals surface area contributed by atoms with Gasteiger partial charge in [0.15, 0.2) is 0 Å². The molecule has 1 aromatic heterocycles. The van der Waals surface area contributed by atoms with Gasteiger partial charge in [0, 0.05) is 25.7 Å². The molecule has 1 N–H and O–H groups in total. The molecule has 0 atom stereocenters. The maximum Gasteiger partial charge on any atom is 0.205 e. The highest BCUT2D eigenvalue weighted by atomic mass is 32.2. The van der Waals surface area contributed by atoms with Gasteiger partial charge in [0.1, 0.15) is 5.01 Å². The fourth-order valence-corrected chi connectivity index (χ4v) is 2.35. The Morgan fingerprint density at radius 1 is 1.54 bits per heavy atom. The minimum Gasteiger partial charge on any atom is -0.384 e. The van der Waals surface area contributed by atoms with E-state index in [0.717, 1.165) is 28.3 Å². The fourth-order valence-electron chi connectivity index (χ4n) is 0.715. The lowest BCUT2D eigenvalue weighted by Crippen LogP contribution is -1.91. The molecule has 0 unspecified atom stereocenters. The molecule has 0 amide bonds. The Labute approximate surface area is 86.1 Å². The van der Waals surface area contributed by atoms with Crippen LogP contribution in [0.3, 0.4) is 0 Å². The summed E-state index contributed by atoms with van der Waals surface area (Å²) < 4.78 is 4.94. The van der Waals surface area contributed by atoms with Gasteiger partial charge in [0.25, 0.3) is 0 Å². The van der Waals surface area contributed by atoms with Crippen molar-refractivity contribution < 1.29 is 4.74 Å². The van der Waals surface area contributed by atoms with Crippen molar-refractivity contribution in [1.82, 2.24) is 10.2 Å². The quantitative estimate of drug-likeness (QED) is 0.734. The molecular weight excluding hydrogens is 206 g/mol. The number of hydrogen-bond acceptors (Lipinski definition) is 6. The van der Waals surface area contributed by atoms with Crippen LogP contribution in [0.1, 0.15) is 5.01 Å². The van der Waals surface area contributed by atoms with Gasteiger partial charge in [-0.25, -0.2) is 0 Å². The summed E-state index contributed by atoms with van der Waals surface area (Å²) in [5.41, 5.74) is 0. The highest BCUT2D eigenvalue weighted by Gasteiger charge is 2.01. The molecule has 0 aliphatic heterocycles. The minimum atomic E-state index is 0.794. The van der Waals surface area contributed by atoms with Gasteiger partial charge in [-0.15, -0.1) is 10.2 Å². The third kappa shape index (κ3) is 3.93. The van der Waals surface area contributed by atoms with Crippen molar-refractivity contribution in [2.24, 2.45) is 0 Å². The van der Waals surface area contributed by atoms with E-state index in [2.05, 4.69) is 15.5 Å². The van der Waals surface area contributed by atoms with E-state index in [1.807, 2.05) is 18.8 Å². The molecule has 0 saturated carbocycles. The zero-order valence-electron chi connectivity index (χ0n) is 7.74. The molecule has 1 heterocycles. The van der Waals surface area contributed by atoms with Crippen LogP contribution in [0.5, 0.6) is 0 Å². The van der Waals surface area contributed by atoms with Crippen LogP contribution < -0.4 is 5.32 Å². The van der Waals surface area contributed by atoms with E-state index >= 15 is 0 Å². The molecule has 0 aliphatic rings. The summed E-state index contributed by atoms with van der Waals surface area (Å²) in [5, 5.41) is 12.9. The molecule has 13 heavy (non-hydrogen) atoms. The van der Waals surface area contributed by atoms with Gasteiger partial charge in [0.05, 0.1) is 6.61 Å². The first-order valence-electron chi connectivity index (χ1n) is 3.93. The molecule has 1 rings (SSSR count). The maximum atomic E-state index is 4.94. The zero-order valence-corrected chi connectivity index (χ0v) is 9.37. The topological polar surface area (TPSA) is 47.0 Å². The standard InChI is InChI=1S/C7H13N3OS2/c1-8-7-10-9-6(13-7)5-12-4-3-11-2/h3-5H2,1-2H3,(H,8,10). The van der Waals surface area contributed by atoms with Crippen LogP contribution in [-0.4, -0.2) is 36.7 Å². The van der Waals surface area contributed by atoms with Gasteiger partial charge in [0.2, 0.25) is 5.13 Å². The second kappa shape index (κ2) is 6.17. The predicted octanol–water partition coefficient (Wildman–Crippen LogP) is 1.46. The molecule has 0 radical (unpaired) electrons. The molecule has 0 spiro atoms. The molecule has 0 saturated heterocycles. The van der Waals surface area contributed by atoms with Gasteiger partial charge in [-0.1, -0.05) is 11.3 Å². The number of methoxy groups -OCH3 is 1. The monoisotopic (exact) mass is 219 g/mol. The average Bonchev–Trinajstić information content (AvgIpc) is 2.60. The number of nitrogens with one attached hydrogen (secondary N) is 1. The third-order valence-electron chi connectivity index (χ3n) is 1.34. The normalized spacial score (nSPS) is 10.3. The predicted molar refractivity (Wildman–Crippen MR) is 57.5 cm³/mol. The van der Waals surface area contributed by atoms with E-state index in [4.69, 9.17) is 4.74 Å². The lowest BCUT2D eigenvalue weighted by atomic mass is 10.8. The van der Waals surface area contributed by atoms with E-state index in [9.17, 15) is 0 Å². The van der Waals surface area contributed by atoms with Gasteiger partial charge in [-0.3, -0.25) is 0 Å². The summed E-state index contributed by atoms with van der Waals surface area (Å²) in [4.78, 5) is 0. The Hall–Kier alpha value is -0.330. The largest absolute Gasteiger partial charge is 0.384 e. The molecular formula is C7H13N3OS2. The van der Waals surface area contributed by atoms with Crippen LogP contribution in [0.15, 0.2) is 0 Å². The molecule has 1 aromatic rings. The van der Waals surface area contributed by atoms with Crippen molar-refractivity contribution in [2.75, 3.05) is 31.8 Å². The average molecular weight is 219 g/mol. The SMILES string of the molecule is CNc1nnc(CSCCOC)s1. The minimum absolute atomic E-state index is 0.794. The van der Waals surface area contributed by atoms with E-state index in [0.29, 0.717) is 0 Å². The van der Waals surface area contributed by atoms with Crippen molar-refractivity contribution in [3.05, 3.63) is 5.01 Å². The van der Waals surface area contributed by atoms with Crippen LogP contribution in [0.2, 0.25) is 0 Å². The second-order valence-corrected chi connectivity index (χ2v) is 4.46. The summed E-state index contributed by atoms with van der Waals surface area (Å²) in [6.07, 6.45) is 0. The number of thioether (sulfide) groups is 1. The fraction of sp³-hybridized carbons (Fsp3) is 0.714. The number of anilines is 1. The van der Waals surface area contributed by atoms with Gasteiger partial charge >= 0.3 is 0 Å². The molecule has 0 bridgehead atoms. The van der Waals surface area contributed by atoms with Crippen molar-refractivity contribution in [3.63, 3.8) is 0 Å². The Bertz CT molecular complexity index is 241. The molecule has 0 fully saturated rings. The zero-order chi connectivity index (χ0) is 9.52. The van der Waals surface area contributed by atoms with Crippen molar-refractivity contribution in [3.8, 4) is 0 Å². The summed E-state index contributed by atoms with van der Waals surface area (Å²) in [7, 11) is 3.56. The van der Waals surface area contributed by atoms with E-state index in [1.54, 1.807) is 18.4 Å². The number of nitrogens with zero attached hydrogens (tertiary/aromatic N) is 2. The van der Waals surface area contributed by atoms with Gasteiger partial charge < -0.3 is 10.1 Å². The van der Waals surface area contributed by atoms with Crippen LogP contribution in [0.4, 0.5) is 5.13 Å². The van der Waals surface area contributed by atoms with Crippen molar-refractivity contribution in [2.45, 2.75) is 5.75 Å². The van der Waals surface area contributed by atoms with Crippen LogP contribution in [0.25, 0.3) is 0 Å². The van der Waals surface area contributed by atoms with Crippen molar-refractivity contribution in [1.29, 1.82) is 0 Å². The molecule has 74 valence electrons. The van der Waals surface area contributed by atoms with E-state index < -0.39 is 0 Å². The molecule has 0 aromatic carbocycles. The smallest absolute Gasteiger partial charge is 0.205 e. The first-order valence-corrected chi connectivity index (χ1v) is 5.90. The number of ether oxygens (including phenoxy) is 1. The Balaban J connectivity index is 2.20. The first kappa shape index (κ1) is 10.7. The lowest BCUT2D eigenvalue weighted by Gasteiger charge is -1.95. The molecule has 6 heteroatoms. The third-order valence-corrected chi connectivity index (χ3v) is 3.39. The van der Waals surface area contributed by atoms with Crippen LogP contribution >= 0.6 is 23.1 Å². The van der Waals surface area contributed by atoms with Crippen LogP contribution in [-0.2, 0) is 10.5 Å². The summed E-state index contributed by atoms with van der Waals surface area (Å²) >= 11 is 3.41. The van der Waals surface area contributed by atoms with Gasteiger partial charge in [-0.05, 0) is 0 Å². The van der Waals surface area contributed by atoms with E-state index in [-0.39, 0.29) is 0 Å². The number of hydrogen-bond donors (Lipinski definition) is 1. The van der Waals surface area contributed by atoms with Gasteiger partial charge in [-0.2, -0.15) is 11.8 Å². The summed E-state index contributed by atoms with van der Waals surface area (Å²) in [6.45, 7) is 0.794. The Morgan fingerprint density at radius 3 is 3.00 bits per heavy atom. The highest BCUT2D eigenvalue weighted by Crippen LogP contribution is 2.19. The summed E-state index contributed by atoms with van der Waals surface area (Å²) in [6, 6.07) is 0. The molecule has 4 nitrogen and oxygen atoms in total. The second-order valence-electron chi connectivity index (χ2n) is 2.30. The summed E-state index contributed by atoms with van der Waals surface area (Å²) in [5.74, 6) is 1.92. The number of rotatable bonds is 6. The molecule has 0 aliphatic carbocycles. The number of aromatic nitrogens is 2. The first-order chi connectivity index (χ1) is 6.36. The maximum absolute atomic E-state index is 4.94. The van der Waals surface area contributed by atoms with Crippen molar-refractivity contribution >= 4 is 28.2 Å². The highest BCUT2D eigenvalue weighted by molar-refractivity contribution is 7.98. The van der Waals surface area contributed by atoms with Crippen LogP contribution in [0, 0.1) is 0 Å². The Kier molecular flexibility index (Phi) is 5.10. The van der Waals surface area contributed by atoms with E-state index in [1.165, 1.54) is 0 Å². The Morgan fingerprint density at radius 2 is 2.38 bits per heavy atom.